The second kappa shape index (κ2) is 2.76. The zero-order valence-corrected chi connectivity index (χ0v) is 10.2. The Morgan fingerprint density at radius 1 is 1.25 bits per heavy atom. The molecule has 0 nitrogen and oxygen atoms in total. The van der Waals surface area contributed by atoms with Crippen LogP contribution in [0.1, 0.15) is 13.3 Å². The summed E-state index contributed by atoms with van der Waals surface area (Å²) in [6.07, 6.45) is 0.727. The van der Waals surface area contributed by atoms with E-state index >= 15 is 0 Å². The molecular weight excluding hydrogens is 362 g/mol. The standard InChI is InChI=1S/C3H6.4ClH.W/c1-3-2;;;;;/h1H,3H2,2H3;4*1H;/q;;;;;+4/p-4. The second-order valence-corrected chi connectivity index (χ2v) is 36.3. The van der Waals surface area contributed by atoms with Gasteiger partial charge in [-0.1, -0.05) is 0 Å². The number of rotatable bonds is 1. The maximum atomic E-state index is 5.54. The molecule has 0 heterocycles. The van der Waals surface area contributed by atoms with Crippen molar-refractivity contribution in [1.82, 2.24) is 0 Å². The van der Waals surface area contributed by atoms with Crippen LogP contribution in [0.25, 0.3) is 0 Å². The summed E-state index contributed by atoms with van der Waals surface area (Å²) in [5.41, 5.74) is 0. The van der Waals surface area contributed by atoms with Crippen molar-refractivity contribution in [3.63, 3.8) is 0 Å². The molecule has 0 aromatic rings. The fourth-order valence-electron chi connectivity index (χ4n) is 0.252. The minimum absolute atomic E-state index is 0.727. The molecule has 0 aromatic heterocycles. The van der Waals surface area contributed by atoms with Gasteiger partial charge in [-0.15, -0.1) is 0 Å². The van der Waals surface area contributed by atoms with Crippen molar-refractivity contribution in [2.45, 2.75) is 13.3 Å². The van der Waals surface area contributed by atoms with E-state index in [2.05, 4.69) is 0 Å². The van der Waals surface area contributed by atoms with E-state index in [9.17, 15) is 0 Å². The van der Waals surface area contributed by atoms with Gasteiger partial charge in [0, 0.05) is 0 Å². The molecule has 0 unspecified atom stereocenters. The van der Waals surface area contributed by atoms with Crippen molar-refractivity contribution in [2.24, 2.45) is 0 Å². The predicted molar refractivity (Wildman–Crippen MR) is 39.8 cm³/mol. The van der Waals surface area contributed by atoms with Gasteiger partial charge in [0.2, 0.25) is 0 Å². The number of hydrogen-bond donors (Lipinski definition) is 0. The average molecular weight is 368 g/mol. The van der Waals surface area contributed by atoms with E-state index in [1.165, 1.54) is 0 Å². The van der Waals surface area contributed by atoms with Crippen molar-refractivity contribution in [3.8, 4) is 0 Å². The summed E-state index contributed by atoms with van der Waals surface area (Å²) < 4.78 is 1.60. The van der Waals surface area contributed by atoms with Crippen molar-refractivity contribution in [1.29, 1.82) is 0 Å². The average Bonchev–Trinajstić information content (AvgIpc) is 1.25. The van der Waals surface area contributed by atoms with E-state index in [0.717, 1.165) is 6.42 Å². The van der Waals surface area contributed by atoms with E-state index in [-0.39, 0.29) is 0 Å². The van der Waals surface area contributed by atoms with Gasteiger partial charge in [-0.25, -0.2) is 0 Å². The van der Waals surface area contributed by atoms with Crippen LogP contribution in [0.5, 0.6) is 0 Å². The Bertz CT molecular complexity index is 120. The van der Waals surface area contributed by atoms with Gasteiger partial charge in [-0.05, 0) is 0 Å². The van der Waals surface area contributed by atoms with Gasteiger partial charge in [-0.2, -0.15) is 0 Å². The Morgan fingerprint density at radius 2 is 1.62 bits per heavy atom. The topological polar surface area (TPSA) is 0 Å². The molecule has 0 aliphatic carbocycles. The van der Waals surface area contributed by atoms with Crippen LogP contribution in [0.15, 0.2) is 0 Å². The molecule has 0 N–H and O–H groups in total. The van der Waals surface area contributed by atoms with Gasteiger partial charge in [0.05, 0.1) is 0 Å². The van der Waals surface area contributed by atoms with Crippen molar-refractivity contribution < 1.29 is 10.2 Å². The Labute approximate surface area is 65.1 Å². The molecule has 0 radical (unpaired) electrons. The molecule has 0 aromatic carbocycles. The number of hydrogen-bond acceptors (Lipinski definition) is 0. The molecule has 52 valence electrons. The van der Waals surface area contributed by atoms with Gasteiger partial charge < -0.3 is 0 Å². The van der Waals surface area contributed by atoms with E-state index in [0.29, 0.717) is 0 Å². The SMILES string of the molecule is CC[CH]=[W]([Cl])([Cl])([Cl])[Cl]. The van der Waals surface area contributed by atoms with E-state index in [4.69, 9.17) is 37.7 Å². The molecule has 0 aliphatic rings. The number of halogens is 4. The Balaban J connectivity index is 4.35. The zero-order valence-electron chi connectivity index (χ0n) is 4.20. The summed E-state index contributed by atoms with van der Waals surface area (Å²) in [5.74, 6) is 0. The third-order valence-corrected chi connectivity index (χ3v) is 7.55. The zero-order chi connectivity index (χ0) is 6.86. The van der Waals surface area contributed by atoms with Gasteiger partial charge in [0.25, 0.3) is 0 Å². The third kappa shape index (κ3) is 7.72. The van der Waals surface area contributed by atoms with E-state index in [1.54, 1.807) is 4.40 Å². The van der Waals surface area contributed by atoms with Crippen LogP contribution < -0.4 is 0 Å². The van der Waals surface area contributed by atoms with Gasteiger partial charge >= 0.3 is 65.6 Å². The van der Waals surface area contributed by atoms with Crippen LogP contribution in [-0.4, -0.2) is 4.40 Å². The summed E-state index contributed by atoms with van der Waals surface area (Å²) in [4.78, 5) is 0. The van der Waals surface area contributed by atoms with Crippen molar-refractivity contribution in [2.75, 3.05) is 0 Å². The third-order valence-electron chi connectivity index (χ3n) is 0.419. The molecule has 8 heavy (non-hydrogen) atoms. The molecule has 0 amide bonds. The molecule has 0 fully saturated rings. The summed E-state index contributed by atoms with van der Waals surface area (Å²) in [6.45, 7) is 1.89. The monoisotopic (exact) mass is 366 g/mol. The quantitative estimate of drug-likeness (QED) is 0.665. The van der Waals surface area contributed by atoms with Crippen molar-refractivity contribution in [3.05, 3.63) is 0 Å². The Morgan fingerprint density at radius 3 is 1.62 bits per heavy atom. The fraction of sp³-hybridized carbons (Fsp3) is 0.667. The first kappa shape index (κ1) is 9.72. The molecule has 0 spiro atoms. The molecule has 0 aliphatic heterocycles. The van der Waals surface area contributed by atoms with Crippen LogP contribution in [-0.2, 0) is 10.2 Å². The fourth-order valence-corrected chi connectivity index (χ4v) is 6.19. The minimum atomic E-state index is -4.09. The molecule has 0 saturated heterocycles. The molecule has 0 atom stereocenters. The Hall–Kier alpha value is 1.72. The first-order valence-electron chi connectivity index (χ1n) is 1.97. The normalized spacial score (nSPS) is 16.9. The molecular formula is C3H6Cl4W. The maximum absolute atomic E-state index is 5.54. The van der Waals surface area contributed by atoms with Gasteiger partial charge in [0.1, 0.15) is 0 Å². The Kier molecular flexibility index (Phi) is 3.35. The molecule has 0 saturated carbocycles. The summed E-state index contributed by atoms with van der Waals surface area (Å²) in [7, 11) is 18.1. The van der Waals surface area contributed by atoms with Crippen LogP contribution in [0.2, 0.25) is 0 Å². The summed E-state index contributed by atoms with van der Waals surface area (Å²) >= 11 is 0. The molecule has 0 rings (SSSR count). The van der Waals surface area contributed by atoms with Gasteiger partial charge in [-0.3, -0.25) is 0 Å². The first-order valence-corrected chi connectivity index (χ1v) is 18.2. The first-order chi connectivity index (χ1) is 3.31. The van der Waals surface area contributed by atoms with Crippen LogP contribution in [0.4, 0.5) is 0 Å². The van der Waals surface area contributed by atoms with Crippen molar-refractivity contribution >= 4 is 42.1 Å². The summed E-state index contributed by atoms with van der Waals surface area (Å²) in [5, 5.41) is 0. The predicted octanol–water partition coefficient (Wildman–Crippen LogP) is 3.50. The van der Waals surface area contributed by atoms with Gasteiger partial charge in [0.15, 0.2) is 0 Å². The summed E-state index contributed by atoms with van der Waals surface area (Å²) in [6, 6.07) is 0. The van der Waals surface area contributed by atoms with E-state index < -0.39 is 10.2 Å². The molecule has 0 bridgehead atoms. The second-order valence-electron chi connectivity index (χ2n) is 1.28. The van der Waals surface area contributed by atoms with Crippen LogP contribution in [0, 0.1) is 0 Å². The van der Waals surface area contributed by atoms with Crippen LogP contribution >= 0.6 is 37.7 Å². The molecule has 5 heteroatoms. The van der Waals surface area contributed by atoms with Crippen LogP contribution in [0.3, 0.4) is 0 Å². The van der Waals surface area contributed by atoms with E-state index in [1.807, 2.05) is 6.92 Å².